The van der Waals surface area contributed by atoms with Crippen LogP contribution in [0.5, 0.6) is 0 Å². The summed E-state index contributed by atoms with van der Waals surface area (Å²) in [6, 6.07) is 1.46. The Hall–Kier alpha value is -0.0800. The average molecular weight is 297 g/mol. The summed E-state index contributed by atoms with van der Waals surface area (Å²) in [6.45, 7) is 13.1. The van der Waals surface area contributed by atoms with Gasteiger partial charge in [0.05, 0.1) is 0 Å². The van der Waals surface area contributed by atoms with Gasteiger partial charge in [0, 0.05) is 25.2 Å². The minimum Gasteiger partial charge on any atom is -0.311 e. The second kappa shape index (κ2) is 11.5. The van der Waals surface area contributed by atoms with E-state index in [4.69, 9.17) is 0 Å². The zero-order chi connectivity index (χ0) is 15.5. The van der Waals surface area contributed by atoms with Gasteiger partial charge in [0.1, 0.15) is 0 Å². The van der Waals surface area contributed by atoms with Gasteiger partial charge in [0.2, 0.25) is 0 Å². The number of nitrogens with one attached hydrogen (secondary N) is 1. The van der Waals surface area contributed by atoms with Gasteiger partial charge < -0.3 is 5.32 Å². The Labute approximate surface area is 134 Å². The normalized spacial score (nSPS) is 23.9. The highest BCUT2D eigenvalue weighted by Gasteiger charge is 2.28. The lowest BCUT2D eigenvalue weighted by molar-refractivity contribution is 0.0952. The first-order chi connectivity index (χ1) is 10.2. The smallest absolute Gasteiger partial charge is 0.0244 e. The maximum absolute atomic E-state index is 3.72. The number of hydrogen-bond donors (Lipinski definition) is 1. The molecule has 0 amide bonds. The lowest BCUT2D eigenvalue weighted by Gasteiger charge is -2.42. The van der Waals surface area contributed by atoms with Crippen molar-refractivity contribution < 1.29 is 0 Å². The van der Waals surface area contributed by atoms with Crippen LogP contribution in [0, 0.1) is 5.92 Å². The van der Waals surface area contributed by atoms with E-state index in [1.54, 1.807) is 0 Å². The Kier molecular flexibility index (Phi) is 10.4. The fraction of sp³-hybridized carbons (Fsp3) is 1.00. The molecule has 0 saturated carbocycles. The highest BCUT2D eigenvalue weighted by molar-refractivity contribution is 4.87. The molecular formula is C19H40N2. The van der Waals surface area contributed by atoms with Crippen molar-refractivity contribution in [1.82, 2.24) is 10.2 Å². The molecule has 0 aliphatic carbocycles. The van der Waals surface area contributed by atoms with Gasteiger partial charge in [-0.3, -0.25) is 4.90 Å². The van der Waals surface area contributed by atoms with E-state index in [0.717, 1.165) is 12.0 Å². The Morgan fingerprint density at radius 2 is 1.57 bits per heavy atom. The van der Waals surface area contributed by atoms with Gasteiger partial charge in [0.25, 0.3) is 0 Å². The van der Waals surface area contributed by atoms with E-state index in [9.17, 15) is 0 Å². The summed E-state index contributed by atoms with van der Waals surface area (Å²) in [5, 5.41) is 3.72. The second-order valence-electron chi connectivity index (χ2n) is 7.29. The molecule has 0 radical (unpaired) electrons. The molecule has 21 heavy (non-hydrogen) atoms. The first-order valence-corrected chi connectivity index (χ1v) is 9.66. The molecule has 0 aromatic carbocycles. The van der Waals surface area contributed by atoms with Crippen LogP contribution in [0.1, 0.15) is 85.5 Å². The van der Waals surface area contributed by atoms with Crippen molar-refractivity contribution in [3.8, 4) is 0 Å². The van der Waals surface area contributed by atoms with Crippen LogP contribution in [0.2, 0.25) is 0 Å². The van der Waals surface area contributed by atoms with E-state index in [0.29, 0.717) is 6.04 Å². The van der Waals surface area contributed by atoms with Crippen LogP contribution in [0.3, 0.4) is 0 Å². The van der Waals surface area contributed by atoms with Crippen molar-refractivity contribution in [2.45, 2.75) is 97.6 Å². The largest absolute Gasteiger partial charge is 0.311 e. The Balaban J connectivity index is 2.15. The van der Waals surface area contributed by atoms with E-state index in [-0.39, 0.29) is 0 Å². The van der Waals surface area contributed by atoms with Crippen LogP contribution in [0.4, 0.5) is 0 Å². The van der Waals surface area contributed by atoms with Gasteiger partial charge in [-0.05, 0) is 25.3 Å². The fourth-order valence-electron chi connectivity index (χ4n) is 3.54. The molecule has 2 heteroatoms. The molecule has 1 N–H and O–H groups in total. The molecule has 2 atom stereocenters. The third-order valence-electron chi connectivity index (χ3n) is 5.10. The van der Waals surface area contributed by atoms with Crippen molar-refractivity contribution in [2.24, 2.45) is 5.92 Å². The highest BCUT2D eigenvalue weighted by atomic mass is 15.2. The molecule has 1 aliphatic rings. The van der Waals surface area contributed by atoms with Crippen molar-refractivity contribution in [1.29, 1.82) is 0 Å². The van der Waals surface area contributed by atoms with Gasteiger partial charge >= 0.3 is 0 Å². The van der Waals surface area contributed by atoms with Crippen molar-refractivity contribution in [3.63, 3.8) is 0 Å². The molecule has 1 heterocycles. The summed E-state index contributed by atoms with van der Waals surface area (Å²) < 4.78 is 0. The lowest BCUT2D eigenvalue weighted by Crippen LogP contribution is -2.58. The van der Waals surface area contributed by atoms with Crippen LogP contribution >= 0.6 is 0 Å². The minimum absolute atomic E-state index is 0.717. The molecule has 1 aliphatic heterocycles. The number of piperazine rings is 1. The van der Waals surface area contributed by atoms with E-state index in [2.05, 4.69) is 37.9 Å². The maximum Gasteiger partial charge on any atom is 0.0244 e. The van der Waals surface area contributed by atoms with Crippen molar-refractivity contribution in [3.05, 3.63) is 0 Å². The number of nitrogens with zero attached hydrogens (tertiary/aromatic N) is 1. The lowest BCUT2D eigenvalue weighted by atomic mass is 9.97. The van der Waals surface area contributed by atoms with Gasteiger partial charge in [-0.1, -0.05) is 72.6 Å². The van der Waals surface area contributed by atoms with Crippen molar-refractivity contribution >= 4 is 0 Å². The molecule has 0 bridgehead atoms. The van der Waals surface area contributed by atoms with Gasteiger partial charge in [-0.15, -0.1) is 0 Å². The number of rotatable bonds is 11. The van der Waals surface area contributed by atoms with Crippen LogP contribution in [-0.4, -0.2) is 36.6 Å². The van der Waals surface area contributed by atoms with E-state index in [1.165, 1.54) is 77.4 Å². The van der Waals surface area contributed by atoms with Crippen molar-refractivity contribution in [2.75, 3.05) is 19.6 Å². The molecule has 1 saturated heterocycles. The second-order valence-corrected chi connectivity index (χ2v) is 7.29. The van der Waals surface area contributed by atoms with E-state index in [1.807, 2.05) is 0 Å². The first-order valence-electron chi connectivity index (χ1n) is 9.66. The topological polar surface area (TPSA) is 15.3 Å². The molecule has 1 fully saturated rings. The fourth-order valence-corrected chi connectivity index (χ4v) is 3.54. The molecule has 2 nitrogen and oxygen atoms in total. The third-order valence-corrected chi connectivity index (χ3v) is 5.10. The van der Waals surface area contributed by atoms with Gasteiger partial charge in [-0.25, -0.2) is 0 Å². The zero-order valence-electron chi connectivity index (χ0n) is 15.2. The van der Waals surface area contributed by atoms with Gasteiger partial charge in [-0.2, -0.15) is 0 Å². The maximum atomic E-state index is 3.72. The quantitative estimate of drug-likeness (QED) is 0.549. The molecule has 126 valence electrons. The SMILES string of the molecule is CCCCCCCCCCN1CC(CC)NCC1C(C)C. The Bertz CT molecular complexity index is 240. The summed E-state index contributed by atoms with van der Waals surface area (Å²) in [6.07, 6.45) is 12.7. The summed E-state index contributed by atoms with van der Waals surface area (Å²) in [5.74, 6) is 0.768. The molecule has 0 spiro atoms. The average Bonchev–Trinajstić information content (AvgIpc) is 2.49. The molecule has 2 unspecified atom stereocenters. The van der Waals surface area contributed by atoms with Gasteiger partial charge in [0.15, 0.2) is 0 Å². The molecule has 0 aromatic heterocycles. The molecule has 1 rings (SSSR count). The third kappa shape index (κ3) is 7.65. The van der Waals surface area contributed by atoms with E-state index >= 15 is 0 Å². The van der Waals surface area contributed by atoms with E-state index < -0.39 is 0 Å². The predicted molar refractivity (Wildman–Crippen MR) is 94.9 cm³/mol. The molecular weight excluding hydrogens is 256 g/mol. The van der Waals surface area contributed by atoms with Crippen LogP contribution in [-0.2, 0) is 0 Å². The highest BCUT2D eigenvalue weighted by Crippen LogP contribution is 2.17. The standard InChI is InChI=1S/C19H40N2/c1-5-7-8-9-10-11-12-13-14-21-16-18(6-2)20-15-19(21)17(3)4/h17-20H,5-16H2,1-4H3. The minimum atomic E-state index is 0.717. The molecule has 0 aromatic rings. The summed E-state index contributed by atoms with van der Waals surface area (Å²) in [5.41, 5.74) is 0. The Morgan fingerprint density at radius 3 is 2.14 bits per heavy atom. The summed E-state index contributed by atoms with van der Waals surface area (Å²) in [7, 11) is 0. The van der Waals surface area contributed by atoms with Crippen LogP contribution in [0.25, 0.3) is 0 Å². The predicted octanol–water partition coefficient (Wildman–Crippen LogP) is 4.84. The summed E-state index contributed by atoms with van der Waals surface area (Å²) >= 11 is 0. The number of unbranched alkanes of at least 4 members (excludes halogenated alkanes) is 7. The summed E-state index contributed by atoms with van der Waals surface area (Å²) in [4.78, 5) is 2.77. The monoisotopic (exact) mass is 296 g/mol. The first kappa shape index (κ1) is 19.0. The number of hydrogen-bond acceptors (Lipinski definition) is 2. The van der Waals surface area contributed by atoms with Crippen LogP contribution < -0.4 is 5.32 Å². The van der Waals surface area contributed by atoms with Crippen LogP contribution in [0.15, 0.2) is 0 Å². The Morgan fingerprint density at radius 1 is 0.952 bits per heavy atom. The zero-order valence-corrected chi connectivity index (χ0v) is 15.2.